The van der Waals surface area contributed by atoms with Crippen LogP contribution in [0.3, 0.4) is 0 Å². The number of anilines is 1. The zero-order valence-electron chi connectivity index (χ0n) is 12.5. The van der Waals surface area contributed by atoms with Gasteiger partial charge in [0.05, 0.1) is 27.5 Å². The molecule has 8 heteroatoms. The number of hydrogen-bond acceptors (Lipinski definition) is 4. The lowest BCUT2D eigenvalue weighted by molar-refractivity contribution is 0.0696. The summed E-state index contributed by atoms with van der Waals surface area (Å²) in [5.41, 5.74) is 1.80. The van der Waals surface area contributed by atoms with E-state index in [1.54, 1.807) is 18.5 Å². The molecule has 0 aliphatic heterocycles. The molecule has 0 fully saturated rings. The second kappa shape index (κ2) is 5.80. The number of aryl methyl sites for hydroxylation is 2. The first-order valence-corrected chi connectivity index (χ1v) is 8.14. The third-order valence-corrected chi connectivity index (χ3v) is 4.69. The summed E-state index contributed by atoms with van der Waals surface area (Å²) in [7, 11) is -3.79. The molecule has 2 N–H and O–H groups in total. The maximum absolute atomic E-state index is 12.4. The van der Waals surface area contributed by atoms with Crippen molar-refractivity contribution in [2.45, 2.75) is 32.2 Å². The fourth-order valence-electron chi connectivity index (χ4n) is 2.12. The molecule has 1 heterocycles. The number of aromatic nitrogens is 2. The molecule has 2 rings (SSSR count). The molecule has 0 unspecified atom stereocenters. The fourth-order valence-corrected chi connectivity index (χ4v) is 3.30. The standard InChI is InChI=1S/C14H17N3O4S/c1-4-17-10(3)13(9(2)15-17)16-22(20,21)12-7-5-11(6-8-12)14(18)19/h5-8,16H,4H2,1-3H3,(H,18,19). The molecule has 0 bridgehead atoms. The lowest BCUT2D eigenvalue weighted by atomic mass is 10.2. The van der Waals surface area contributed by atoms with E-state index in [0.717, 1.165) is 5.69 Å². The van der Waals surface area contributed by atoms with Crippen molar-refractivity contribution in [3.05, 3.63) is 41.2 Å². The number of sulfonamides is 1. The van der Waals surface area contributed by atoms with Crippen LogP contribution in [0.15, 0.2) is 29.2 Å². The van der Waals surface area contributed by atoms with E-state index in [-0.39, 0.29) is 10.5 Å². The molecule has 0 amide bonds. The molecular formula is C14H17N3O4S. The number of hydrogen-bond donors (Lipinski definition) is 2. The van der Waals surface area contributed by atoms with Crippen LogP contribution in [-0.4, -0.2) is 29.3 Å². The monoisotopic (exact) mass is 323 g/mol. The number of carboxylic acids is 1. The Balaban J connectivity index is 2.36. The summed E-state index contributed by atoms with van der Waals surface area (Å²) in [6.07, 6.45) is 0. The quantitative estimate of drug-likeness (QED) is 0.876. The molecule has 0 radical (unpaired) electrons. The summed E-state index contributed by atoms with van der Waals surface area (Å²) in [6, 6.07) is 5.04. The highest BCUT2D eigenvalue weighted by molar-refractivity contribution is 7.92. The summed E-state index contributed by atoms with van der Waals surface area (Å²) in [6.45, 7) is 6.07. The minimum atomic E-state index is -3.79. The minimum Gasteiger partial charge on any atom is -0.478 e. The van der Waals surface area contributed by atoms with E-state index in [9.17, 15) is 13.2 Å². The van der Waals surface area contributed by atoms with Crippen LogP contribution in [0.1, 0.15) is 28.7 Å². The Labute approximate surface area is 128 Å². The maximum Gasteiger partial charge on any atom is 0.335 e. The first-order valence-electron chi connectivity index (χ1n) is 6.66. The Bertz CT molecular complexity index is 807. The topological polar surface area (TPSA) is 101 Å². The van der Waals surface area contributed by atoms with E-state index in [2.05, 4.69) is 9.82 Å². The number of aromatic carboxylic acids is 1. The van der Waals surface area contributed by atoms with Gasteiger partial charge in [-0.05, 0) is 45.0 Å². The average Bonchev–Trinajstić information content (AvgIpc) is 2.74. The summed E-state index contributed by atoms with van der Waals surface area (Å²) in [5.74, 6) is -1.10. The van der Waals surface area contributed by atoms with Crippen molar-refractivity contribution in [1.29, 1.82) is 0 Å². The van der Waals surface area contributed by atoms with Crippen LogP contribution in [0.2, 0.25) is 0 Å². The number of benzene rings is 1. The first kappa shape index (κ1) is 16.0. The van der Waals surface area contributed by atoms with Gasteiger partial charge in [-0.1, -0.05) is 0 Å². The lowest BCUT2D eigenvalue weighted by Gasteiger charge is -2.09. The zero-order valence-corrected chi connectivity index (χ0v) is 13.3. The minimum absolute atomic E-state index is 0.000508. The van der Waals surface area contributed by atoms with Gasteiger partial charge < -0.3 is 5.11 Å². The highest BCUT2D eigenvalue weighted by atomic mass is 32.2. The normalized spacial score (nSPS) is 11.4. The van der Waals surface area contributed by atoms with Gasteiger partial charge in [-0.3, -0.25) is 9.40 Å². The van der Waals surface area contributed by atoms with Crippen LogP contribution < -0.4 is 4.72 Å². The molecule has 118 valence electrons. The molecule has 0 spiro atoms. The van der Waals surface area contributed by atoms with Crippen LogP contribution in [0.5, 0.6) is 0 Å². The van der Waals surface area contributed by atoms with E-state index in [1.807, 2.05) is 6.92 Å². The molecule has 2 aromatic rings. The van der Waals surface area contributed by atoms with Gasteiger partial charge in [0.1, 0.15) is 0 Å². The van der Waals surface area contributed by atoms with Crippen molar-refractivity contribution >= 4 is 21.7 Å². The Hall–Kier alpha value is -2.35. The predicted octanol–water partition coefficient (Wildman–Crippen LogP) is 2.02. The Kier molecular flexibility index (Phi) is 4.23. The van der Waals surface area contributed by atoms with Crippen LogP contribution in [0.25, 0.3) is 0 Å². The third kappa shape index (κ3) is 2.96. The first-order chi connectivity index (χ1) is 10.3. The summed E-state index contributed by atoms with van der Waals surface area (Å²) >= 11 is 0. The van der Waals surface area contributed by atoms with Crippen molar-refractivity contribution in [3.8, 4) is 0 Å². The number of nitrogens with one attached hydrogen (secondary N) is 1. The van der Waals surface area contributed by atoms with Crippen molar-refractivity contribution in [3.63, 3.8) is 0 Å². The van der Waals surface area contributed by atoms with Gasteiger partial charge in [-0.2, -0.15) is 5.10 Å². The van der Waals surface area contributed by atoms with Gasteiger partial charge >= 0.3 is 5.97 Å². The molecular weight excluding hydrogens is 306 g/mol. The van der Waals surface area contributed by atoms with E-state index in [4.69, 9.17) is 5.11 Å². The lowest BCUT2D eigenvalue weighted by Crippen LogP contribution is -2.14. The van der Waals surface area contributed by atoms with Crippen LogP contribution in [-0.2, 0) is 16.6 Å². The largest absolute Gasteiger partial charge is 0.478 e. The van der Waals surface area contributed by atoms with Gasteiger partial charge in [0.25, 0.3) is 10.0 Å². The molecule has 0 saturated carbocycles. The molecule has 1 aromatic heterocycles. The van der Waals surface area contributed by atoms with E-state index >= 15 is 0 Å². The number of carbonyl (C=O) groups is 1. The fraction of sp³-hybridized carbons (Fsp3) is 0.286. The van der Waals surface area contributed by atoms with Gasteiger partial charge in [-0.15, -0.1) is 0 Å². The van der Waals surface area contributed by atoms with Crippen molar-refractivity contribution < 1.29 is 18.3 Å². The maximum atomic E-state index is 12.4. The zero-order chi connectivity index (χ0) is 16.5. The van der Waals surface area contributed by atoms with Crippen LogP contribution in [0.4, 0.5) is 5.69 Å². The predicted molar refractivity (Wildman–Crippen MR) is 81.6 cm³/mol. The number of carboxylic acid groups (broad SMARTS) is 1. The van der Waals surface area contributed by atoms with Crippen LogP contribution >= 0.6 is 0 Å². The highest BCUT2D eigenvalue weighted by Crippen LogP contribution is 2.23. The molecule has 22 heavy (non-hydrogen) atoms. The van der Waals surface area contributed by atoms with Gasteiger partial charge in [0, 0.05) is 6.54 Å². The third-order valence-electron chi connectivity index (χ3n) is 3.33. The molecule has 0 aliphatic carbocycles. The highest BCUT2D eigenvalue weighted by Gasteiger charge is 2.20. The Morgan fingerprint density at radius 2 is 1.86 bits per heavy atom. The van der Waals surface area contributed by atoms with Crippen molar-refractivity contribution in [1.82, 2.24) is 9.78 Å². The number of nitrogens with zero attached hydrogens (tertiary/aromatic N) is 2. The van der Waals surface area contributed by atoms with E-state index in [1.165, 1.54) is 24.3 Å². The smallest absolute Gasteiger partial charge is 0.335 e. The summed E-state index contributed by atoms with van der Waals surface area (Å²) < 4.78 is 29.0. The van der Waals surface area contributed by atoms with E-state index < -0.39 is 16.0 Å². The molecule has 0 atom stereocenters. The van der Waals surface area contributed by atoms with Crippen LogP contribution in [0, 0.1) is 13.8 Å². The molecule has 1 aromatic carbocycles. The second-order valence-electron chi connectivity index (χ2n) is 4.80. The Morgan fingerprint density at radius 1 is 1.27 bits per heavy atom. The SMILES string of the molecule is CCn1nc(C)c(NS(=O)(=O)c2ccc(C(=O)O)cc2)c1C. The summed E-state index contributed by atoms with van der Waals surface area (Å²) in [5, 5.41) is 13.1. The van der Waals surface area contributed by atoms with E-state index in [0.29, 0.717) is 17.9 Å². The van der Waals surface area contributed by atoms with Crippen molar-refractivity contribution in [2.24, 2.45) is 0 Å². The Morgan fingerprint density at radius 3 is 2.32 bits per heavy atom. The molecule has 0 aliphatic rings. The molecule has 7 nitrogen and oxygen atoms in total. The van der Waals surface area contributed by atoms with Gasteiger partial charge in [0.15, 0.2) is 0 Å². The summed E-state index contributed by atoms with van der Waals surface area (Å²) in [4.78, 5) is 10.8. The van der Waals surface area contributed by atoms with Gasteiger partial charge in [-0.25, -0.2) is 13.2 Å². The average molecular weight is 323 g/mol. The molecule has 0 saturated heterocycles. The van der Waals surface area contributed by atoms with Gasteiger partial charge in [0.2, 0.25) is 0 Å². The number of rotatable bonds is 5. The second-order valence-corrected chi connectivity index (χ2v) is 6.48. The van der Waals surface area contributed by atoms with Crippen molar-refractivity contribution in [2.75, 3.05) is 4.72 Å².